The van der Waals surface area contributed by atoms with Crippen molar-refractivity contribution in [1.82, 2.24) is 4.90 Å². The summed E-state index contributed by atoms with van der Waals surface area (Å²) in [6.07, 6.45) is 0. The van der Waals surface area contributed by atoms with Crippen molar-refractivity contribution in [3.63, 3.8) is 0 Å². The Labute approximate surface area is 176 Å². The highest BCUT2D eigenvalue weighted by Gasteiger charge is 2.21. The molecule has 0 N–H and O–H groups in total. The summed E-state index contributed by atoms with van der Waals surface area (Å²) in [4.78, 5) is 14.8. The Morgan fingerprint density at radius 1 is 1.07 bits per heavy atom. The van der Waals surface area contributed by atoms with Crippen LogP contribution >= 0.6 is 23.2 Å². The van der Waals surface area contributed by atoms with Gasteiger partial charge in [-0.3, -0.25) is 4.79 Å². The van der Waals surface area contributed by atoms with Crippen molar-refractivity contribution in [2.75, 3.05) is 19.5 Å². The first-order valence-electron chi connectivity index (χ1n) is 8.72. The number of amides is 1. The fraction of sp³-hybridized carbons (Fsp3) is 0.350. The van der Waals surface area contributed by atoms with E-state index in [1.54, 1.807) is 17.0 Å². The number of halogens is 2. The maximum Gasteiger partial charge on any atom is 0.254 e. The molecule has 2 rings (SSSR count). The van der Waals surface area contributed by atoms with Crippen LogP contribution in [-0.2, 0) is 21.1 Å². The predicted molar refractivity (Wildman–Crippen MR) is 112 cm³/mol. The van der Waals surface area contributed by atoms with Crippen molar-refractivity contribution in [3.05, 3.63) is 63.6 Å². The summed E-state index contributed by atoms with van der Waals surface area (Å²) in [6, 6.07) is 11.2. The number of carbonyl (C=O) groups excluding carboxylic acids is 1. The minimum atomic E-state index is -3.44. The number of methoxy groups -OCH3 is 1. The van der Waals surface area contributed by atoms with Gasteiger partial charge in [-0.1, -0.05) is 29.3 Å². The van der Waals surface area contributed by atoms with Gasteiger partial charge in [0.2, 0.25) is 0 Å². The third-order valence-corrected chi connectivity index (χ3v) is 6.67. The van der Waals surface area contributed by atoms with Gasteiger partial charge in [0, 0.05) is 25.3 Å². The molecule has 8 heteroatoms. The van der Waals surface area contributed by atoms with E-state index in [1.165, 1.54) is 31.4 Å². The lowest BCUT2D eigenvalue weighted by atomic mass is 10.1. The summed E-state index contributed by atoms with van der Waals surface area (Å²) in [6.45, 7) is 4.31. The fourth-order valence-corrected chi connectivity index (χ4v) is 4.10. The van der Waals surface area contributed by atoms with Gasteiger partial charge in [-0.15, -0.1) is 0 Å². The molecule has 0 saturated carbocycles. The first-order valence-corrected chi connectivity index (χ1v) is 11.1. The number of rotatable bonds is 8. The zero-order valence-corrected chi connectivity index (χ0v) is 18.3. The molecule has 28 heavy (non-hydrogen) atoms. The van der Waals surface area contributed by atoms with Gasteiger partial charge in [-0.2, -0.15) is 0 Å². The third kappa shape index (κ3) is 5.70. The summed E-state index contributed by atoms with van der Waals surface area (Å²) in [5.41, 5.74) is 1.27. The maximum absolute atomic E-state index is 13.0. The van der Waals surface area contributed by atoms with Crippen molar-refractivity contribution in [3.8, 4) is 0 Å². The van der Waals surface area contributed by atoms with Crippen LogP contribution in [0.15, 0.2) is 47.4 Å². The van der Waals surface area contributed by atoms with E-state index in [0.29, 0.717) is 22.2 Å². The van der Waals surface area contributed by atoms with E-state index < -0.39 is 9.84 Å². The smallest absolute Gasteiger partial charge is 0.254 e. The molecule has 0 aliphatic carbocycles. The number of nitrogens with zero attached hydrogens (tertiary/aromatic N) is 1. The predicted octanol–water partition coefficient (Wildman–Crippen LogP) is 4.46. The minimum Gasteiger partial charge on any atom is -0.384 e. The molecule has 0 unspecified atom stereocenters. The summed E-state index contributed by atoms with van der Waals surface area (Å²) in [5, 5.41) is 0.888. The quantitative estimate of drug-likeness (QED) is 0.603. The first kappa shape index (κ1) is 22.7. The molecule has 5 nitrogen and oxygen atoms in total. The van der Waals surface area contributed by atoms with E-state index in [-0.39, 0.29) is 29.2 Å². The van der Waals surface area contributed by atoms with Gasteiger partial charge < -0.3 is 9.64 Å². The van der Waals surface area contributed by atoms with Crippen LogP contribution in [0.4, 0.5) is 0 Å². The molecule has 2 aromatic carbocycles. The van der Waals surface area contributed by atoms with Gasteiger partial charge in [0.25, 0.3) is 5.91 Å². The molecule has 2 aromatic rings. The molecule has 0 spiro atoms. The molecule has 0 atom stereocenters. The summed E-state index contributed by atoms with van der Waals surface area (Å²) in [7, 11) is -1.99. The van der Waals surface area contributed by atoms with E-state index in [2.05, 4.69) is 0 Å². The molecule has 0 aliphatic rings. The number of hydrogen-bond donors (Lipinski definition) is 0. The van der Waals surface area contributed by atoms with Crippen LogP contribution in [0.5, 0.6) is 0 Å². The molecule has 1 amide bonds. The zero-order valence-electron chi connectivity index (χ0n) is 16.0. The SMILES string of the molecule is COCCS(=O)(=O)c1ccc(C(=O)N(Cc2ccc(Cl)c(Cl)c2)C(C)C)cc1. The molecular weight excluding hydrogens is 421 g/mol. The molecule has 0 aliphatic heterocycles. The van der Waals surface area contributed by atoms with Crippen LogP contribution in [0, 0.1) is 0 Å². The Morgan fingerprint density at radius 3 is 2.25 bits per heavy atom. The second-order valence-electron chi connectivity index (χ2n) is 6.61. The number of carbonyl (C=O) groups is 1. The van der Waals surface area contributed by atoms with Crippen molar-refractivity contribution in [1.29, 1.82) is 0 Å². The van der Waals surface area contributed by atoms with E-state index in [0.717, 1.165) is 5.56 Å². The molecule has 0 bridgehead atoms. The molecule has 0 fully saturated rings. The Balaban J connectivity index is 2.22. The molecule has 0 aromatic heterocycles. The second kappa shape index (κ2) is 9.74. The van der Waals surface area contributed by atoms with Gasteiger partial charge in [-0.25, -0.2) is 8.42 Å². The molecule has 0 heterocycles. The summed E-state index contributed by atoms with van der Waals surface area (Å²) in [5.74, 6) is -0.298. The van der Waals surface area contributed by atoms with Gasteiger partial charge >= 0.3 is 0 Å². The Morgan fingerprint density at radius 2 is 1.71 bits per heavy atom. The van der Waals surface area contributed by atoms with Crippen LogP contribution in [0.3, 0.4) is 0 Å². The van der Waals surface area contributed by atoms with Crippen LogP contribution in [0.1, 0.15) is 29.8 Å². The van der Waals surface area contributed by atoms with Gasteiger partial charge in [-0.05, 0) is 55.8 Å². The van der Waals surface area contributed by atoms with Crippen molar-refractivity contribution < 1.29 is 17.9 Å². The van der Waals surface area contributed by atoms with Crippen molar-refractivity contribution >= 4 is 38.9 Å². The fourth-order valence-electron chi connectivity index (χ4n) is 2.61. The largest absolute Gasteiger partial charge is 0.384 e. The van der Waals surface area contributed by atoms with Gasteiger partial charge in [0.05, 0.1) is 27.3 Å². The molecule has 152 valence electrons. The average molecular weight is 444 g/mol. The first-order chi connectivity index (χ1) is 13.2. The average Bonchev–Trinajstić information content (AvgIpc) is 2.66. The Bertz CT molecular complexity index is 928. The molecular formula is C20H23Cl2NO4S. The molecule has 0 radical (unpaired) electrons. The van der Waals surface area contributed by atoms with Crippen LogP contribution in [0.2, 0.25) is 10.0 Å². The van der Waals surface area contributed by atoms with Crippen molar-refractivity contribution in [2.45, 2.75) is 31.3 Å². The Hall–Kier alpha value is -1.60. The minimum absolute atomic E-state index is 0.0629. The number of ether oxygens (including phenoxy) is 1. The highest BCUT2D eigenvalue weighted by Crippen LogP contribution is 2.24. The highest BCUT2D eigenvalue weighted by atomic mass is 35.5. The highest BCUT2D eigenvalue weighted by molar-refractivity contribution is 7.91. The van der Waals surface area contributed by atoms with Crippen LogP contribution in [0.25, 0.3) is 0 Å². The normalized spacial score (nSPS) is 11.6. The lowest BCUT2D eigenvalue weighted by Crippen LogP contribution is -2.36. The maximum atomic E-state index is 13.0. The number of hydrogen-bond acceptors (Lipinski definition) is 4. The number of benzene rings is 2. The van der Waals surface area contributed by atoms with Gasteiger partial charge in [0.15, 0.2) is 9.84 Å². The number of sulfone groups is 1. The van der Waals surface area contributed by atoms with E-state index in [1.807, 2.05) is 19.9 Å². The Kier molecular flexibility index (Phi) is 7.89. The second-order valence-corrected chi connectivity index (χ2v) is 9.53. The van der Waals surface area contributed by atoms with E-state index in [4.69, 9.17) is 27.9 Å². The van der Waals surface area contributed by atoms with Gasteiger partial charge in [0.1, 0.15) is 0 Å². The lowest BCUT2D eigenvalue weighted by molar-refractivity contribution is 0.0690. The zero-order chi connectivity index (χ0) is 20.9. The van der Waals surface area contributed by atoms with Crippen LogP contribution in [-0.4, -0.2) is 44.7 Å². The van der Waals surface area contributed by atoms with Crippen LogP contribution < -0.4 is 0 Å². The monoisotopic (exact) mass is 443 g/mol. The van der Waals surface area contributed by atoms with E-state index in [9.17, 15) is 13.2 Å². The standard InChI is InChI=1S/C20H23Cl2NO4S/c1-14(2)23(13-15-4-9-18(21)19(22)12-15)20(24)16-5-7-17(8-6-16)28(25,26)11-10-27-3/h4-9,12,14H,10-11,13H2,1-3H3. The van der Waals surface area contributed by atoms with E-state index >= 15 is 0 Å². The molecule has 0 saturated heterocycles. The summed E-state index contributed by atoms with van der Waals surface area (Å²) >= 11 is 12.0. The van der Waals surface area contributed by atoms with Crippen molar-refractivity contribution in [2.24, 2.45) is 0 Å². The topological polar surface area (TPSA) is 63.7 Å². The summed E-state index contributed by atoms with van der Waals surface area (Å²) < 4.78 is 29.3. The third-order valence-electron chi connectivity index (χ3n) is 4.24. The lowest BCUT2D eigenvalue weighted by Gasteiger charge is -2.27.